The van der Waals surface area contributed by atoms with Crippen molar-refractivity contribution >= 4 is 34.8 Å². The molecule has 2 amide bonds. The van der Waals surface area contributed by atoms with Gasteiger partial charge in [0.15, 0.2) is 16.7 Å². The Labute approximate surface area is 167 Å². The number of carbonyl (C=O) groups is 2. The summed E-state index contributed by atoms with van der Waals surface area (Å²) in [5.74, 6) is 0.557. The molecule has 0 spiro atoms. The molecule has 7 heteroatoms. The highest BCUT2D eigenvalue weighted by Crippen LogP contribution is 2.34. The highest BCUT2D eigenvalue weighted by molar-refractivity contribution is 8.18. The summed E-state index contributed by atoms with van der Waals surface area (Å²) in [4.78, 5) is 29.0. The fourth-order valence-corrected chi connectivity index (χ4v) is 3.43. The van der Waals surface area contributed by atoms with E-state index < -0.39 is 5.91 Å². The summed E-state index contributed by atoms with van der Waals surface area (Å²) in [6.45, 7) is 4.32. The van der Waals surface area contributed by atoms with Crippen molar-refractivity contribution in [1.82, 2.24) is 5.32 Å². The van der Waals surface area contributed by atoms with Gasteiger partial charge in [0.25, 0.3) is 11.8 Å². The topological polar surface area (TPSA) is 77.0 Å². The van der Waals surface area contributed by atoms with Gasteiger partial charge in [0.2, 0.25) is 0 Å². The number of benzene rings is 2. The number of hydrogen-bond acceptors (Lipinski definition) is 5. The van der Waals surface area contributed by atoms with Gasteiger partial charge in [-0.05, 0) is 67.1 Å². The Hall–Kier alpha value is -3.06. The fourth-order valence-electron chi connectivity index (χ4n) is 2.62. The number of amidine groups is 1. The quantitative estimate of drug-likeness (QED) is 0.778. The molecule has 1 aliphatic heterocycles. The maximum Gasteiger partial charge on any atom is 0.279 e. The molecular formula is C21H20N2O4S. The standard InChI is InChI=1S/C21H20N2O4S/c1-4-27-17-11-15(13(2)10-16(17)26-3)12-18-20(25)23-21(28-18)22-19(24)14-8-6-5-7-9-14/h5-12H,4H2,1-3H3,(H,22,23,24,25)/b18-12-. The highest BCUT2D eigenvalue weighted by Gasteiger charge is 2.25. The van der Waals surface area contributed by atoms with E-state index in [1.54, 1.807) is 37.5 Å². The lowest BCUT2D eigenvalue weighted by Crippen LogP contribution is -2.20. The Morgan fingerprint density at radius 3 is 2.64 bits per heavy atom. The van der Waals surface area contributed by atoms with Crippen molar-refractivity contribution in [1.29, 1.82) is 0 Å². The Bertz CT molecular complexity index is 968. The van der Waals surface area contributed by atoms with Gasteiger partial charge in [-0.25, -0.2) is 0 Å². The fraction of sp³-hybridized carbons (Fsp3) is 0.190. The summed E-state index contributed by atoms with van der Waals surface area (Å²) in [6.07, 6.45) is 1.76. The molecule has 28 heavy (non-hydrogen) atoms. The van der Waals surface area contributed by atoms with E-state index in [1.807, 2.05) is 32.0 Å². The largest absolute Gasteiger partial charge is 0.493 e. The van der Waals surface area contributed by atoms with Crippen LogP contribution in [0.3, 0.4) is 0 Å². The van der Waals surface area contributed by atoms with E-state index in [1.165, 1.54) is 0 Å². The van der Waals surface area contributed by atoms with E-state index in [9.17, 15) is 9.59 Å². The van der Waals surface area contributed by atoms with Crippen LogP contribution in [0.4, 0.5) is 0 Å². The lowest BCUT2D eigenvalue weighted by atomic mass is 10.1. The summed E-state index contributed by atoms with van der Waals surface area (Å²) in [5.41, 5.74) is 2.24. The lowest BCUT2D eigenvalue weighted by molar-refractivity contribution is -0.115. The molecule has 0 radical (unpaired) electrons. The zero-order chi connectivity index (χ0) is 20.1. The number of nitrogens with one attached hydrogen (secondary N) is 1. The molecule has 0 bridgehead atoms. The second-order valence-electron chi connectivity index (χ2n) is 5.95. The minimum atomic E-state index is -0.399. The number of aryl methyl sites for hydroxylation is 1. The number of amides is 2. The van der Waals surface area contributed by atoms with Crippen molar-refractivity contribution < 1.29 is 19.1 Å². The van der Waals surface area contributed by atoms with E-state index in [4.69, 9.17) is 9.47 Å². The zero-order valence-electron chi connectivity index (χ0n) is 15.8. The van der Waals surface area contributed by atoms with Crippen LogP contribution in [0, 0.1) is 6.92 Å². The highest BCUT2D eigenvalue weighted by atomic mass is 32.2. The predicted octanol–water partition coefficient (Wildman–Crippen LogP) is 3.80. The molecule has 3 rings (SSSR count). The van der Waals surface area contributed by atoms with Crippen molar-refractivity contribution in [2.24, 2.45) is 4.99 Å². The third-order valence-electron chi connectivity index (χ3n) is 4.01. The third kappa shape index (κ3) is 4.43. The van der Waals surface area contributed by atoms with E-state index >= 15 is 0 Å². The van der Waals surface area contributed by atoms with Gasteiger partial charge >= 0.3 is 0 Å². The number of carbonyl (C=O) groups excluding carboxylic acids is 2. The Morgan fingerprint density at radius 1 is 1.21 bits per heavy atom. The van der Waals surface area contributed by atoms with Crippen molar-refractivity contribution in [3.8, 4) is 11.5 Å². The van der Waals surface area contributed by atoms with Crippen LogP contribution in [0.1, 0.15) is 28.4 Å². The molecule has 1 heterocycles. The van der Waals surface area contributed by atoms with Gasteiger partial charge in [-0.2, -0.15) is 4.99 Å². The molecule has 2 aromatic rings. The molecule has 0 unspecified atom stereocenters. The van der Waals surface area contributed by atoms with Gasteiger partial charge in [-0.15, -0.1) is 0 Å². The number of aliphatic imine (C=N–C) groups is 1. The van der Waals surface area contributed by atoms with E-state index in [-0.39, 0.29) is 11.1 Å². The van der Waals surface area contributed by atoms with Crippen LogP contribution >= 0.6 is 11.8 Å². The minimum Gasteiger partial charge on any atom is -0.493 e. The molecule has 1 N–H and O–H groups in total. The van der Waals surface area contributed by atoms with Crippen LogP contribution in [0.15, 0.2) is 52.4 Å². The van der Waals surface area contributed by atoms with Crippen LogP contribution in [-0.2, 0) is 4.79 Å². The summed E-state index contributed by atoms with van der Waals surface area (Å²) in [6, 6.07) is 12.4. The molecule has 0 saturated carbocycles. The maximum absolute atomic E-state index is 12.3. The molecule has 1 aliphatic rings. The van der Waals surface area contributed by atoms with Crippen molar-refractivity contribution in [3.05, 3.63) is 64.1 Å². The first kappa shape index (κ1) is 19.7. The average Bonchev–Trinajstić information content (AvgIpc) is 3.03. The van der Waals surface area contributed by atoms with Gasteiger partial charge < -0.3 is 14.8 Å². The average molecular weight is 396 g/mol. The monoisotopic (exact) mass is 396 g/mol. The van der Waals surface area contributed by atoms with Crippen LogP contribution in [0.2, 0.25) is 0 Å². The molecule has 1 saturated heterocycles. The van der Waals surface area contributed by atoms with Crippen molar-refractivity contribution in [2.45, 2.75) is 13.8 Å². The number of thioether (sulfide) groups is 1. The van der Waals surface area contributed by atoms with Gasteiger partial charge in [0, 0.05) is 5.56 Å². The second kappa shape index (κ2) is 8.75. The first-order chi connectivity index (χ1) is 13.5. The van der Waals surface area contributed by atoms with Crippen LogP contribution in [0.5, 0.6) is 11.5 Å². The molecule has 0 atom stereocenters. The van der Waals surface area contributed by atoms with Crippen LogP contribution < -0.4 is 14.8 Å². The van der Waals surface area contributed by atoms with Crippen molar-refractivity contribution in [2.75, 3.05) is 13.7 Å². The van der Waals surface area contributed by atoms with E-state index in [2.05, 4.69) is 10.3 Å². The Morgan fingerprint density at radius 2 is 1.96 bits per heavy atom. The Balaban J connectivity index is 1.86. The third-order valence-corrected chi connectivity index (χ3v) is 4.92. The number of nitrogens with zero attached hydrogens (tertiary/aromatic N) is 1. The van der Waals surface area contributed by atoms with Gasteiger partial charge in [0.1, 0.15) is 0 Å². The summed E-state index contributed by atoms with van der Waals surface area (Å²) < 4.78 is 10.9. The summed E-state index contributed by atoms with van der Waals surface area (Å²) >= 11 is 1.13. The lowest BCUT2D eigenvalue weighted by Gasteiger charge is -2.12. The smallest absolute Gasteiger partial charge is 0.279 e. The number of rotatable bonds is 5. The second-order valence-corrected chi connectivity index (χ2v) is 6.98. The van der Waals surface area contributed by atoms with E-state index in [0.717, 1.165) is 22.9 Å². The molecule has 0 aliphatic carbocycles. The van der Waals surface area contributed by atoms with Crippen molar-refractivity contribution in [3.63, 3.8) is 0 Å². The molecule has 6 nitrogen and oxygen atoms in total. The predicted molar refractivity (Wildman–Crippen MR) is 111 cm³/mol. The van der Waals surface area contributed by atoms with Crippen LogP contribution in [-0.4, -0.2) is 30.7 Å². The molecule has 2 aromatic carbocycles. The van der Waals surface area contributed by atoms with Gasteiger partial charge in [0.05, 0.1) is 18.6 Å². The zero-order valence-corrected chi connectivity index (χ0v) is 16.6. The molecule has 1 fully saturated rings. The summed E-state index contributed by atoms with van der Waals surface area (Å²) in [5, 5.41) is 2.90. The molecule has 144 valence electrons. The first-order valence-corrected chi connectivity index (χ1v) is 9.54. The Kier molecular flexibility index (Phi) is 6.16. The maximum atomic E-state index is 12.3. The molecular weight excluding hydrogens is 376 g/mol. The normalized spacial score (nSPS) is 16.3. The number of ether oxygens (including phenoxy) is 2. The minimum absolute atomic E-state index is 0.265. The van der Waals surface area contributed by atoms with Gasteiger partial charge in [-0.3, -0.25) is 9.59 Å². The first-order valence-electron chi connectivity index (χ1n) is 8.72. The SMILES string of the molecule is CCOc1cc(/C=C2\SC(=NC(=O)c3ccccc3)NC2=O)c(C)cc1OC. The number of methoxy groups -OCH3 is 1. The van der Waals surface area contributed by atoms with Crippen LogP contribution in [0.25, 0.3) is 6.08 Å². The van der Waals surface area contributed by atoms with E-state index in [0.29, 0.717) is 28.6 Å². The molecule has 0 aromatic heterocycles. The van der Waals surface area contributed by atoms with Gasteiger partial charge in [-0.1, -0.05) is 18.2 Å². The summed E-state index contributed by atoms with van der Waals surface area (Å²) in [7, 11) is 1.59. The number of hydrogen-bond donors (Lipinski definition) is 1.